The zero-order chi connectivity index (χ0) is 35.9. The van der Waals surface area contributed by atoms with Gasteiger partial charge in [0, 0.05) is 47.6 Å². The van der Waals surface area contributed by atoms with Gasteiger partial charge < -0.3 is 25.4 Å². The Morgan fingerprint density at radius 3 is 2.85 bits per heavy atom. The number of carboxylic acids is 1. The third-order valence-electron chi connectivity index (χ3n) is 11.0. The Bertz CT molecular complexity index is 2060. The molecule has 2 aromatic carbocycles. The summed E-state index contributed by atoms with van der Waals surface area (Å²) in [5, 5.41) is 26.6. The van der Waals surface area contributed by atoms with Crippen molar-refractivity contribution in [3.63, 3.8) is 0 Å². The first-order chi connectivity index (χ1) is 25.3. The van der Waals surface area contributed by atoms with Gasteiger partial charge in [-0.25, -0.2) is 19.2 Å². The number of amidine groups is 1. The molecule has 3 saturated carbocycles. The van der Waals surface area contributed by atoms with E-state index in [9.17, 15) is 9.90 Å². The van der Waals surface area contributed by atoms with E-state index in [1.54, 1.807) is 12.1 Å². The number of ether oxygens (including phenoxy) is 1. The van der Waals surface area contributed by atoms with E-state index in [4.69, 9.17) is 16.2 Å². The van der Waals surface area contributed by atoms with E-state index in [1.165, 1.54) is 16.9 Å². The van der Waals surface area contributed by atoms with E-state index >= 15 is 4.39 Å². The second kappa shape index (κ2) is 13.9. The number of anilines is 3. The molecule has 0 unspecified atom stereocenters. The highest BCUT2D eigenvalue weighted by Crippen LogP contribution is 2.73. The number of aliphatic imine (C=N–C) groups is 1. The Hall–Kier alpha value is -4.86. The van der Waals surface area contributed by atoms with Crippen molar-refractivity contribution in [2.45, 2.75) is 76.5 Å². The number of hydrogen-bond donors (Lipinski definition) is 3. The van der Waals surface area contributed by atoms with Crippen LogP contribution in [0, 0.1) is 30.5 Å². The van der Waals surface area contributed by atoms with Crippen LogP contribution in [0.15, 0.2) is 47.5 Å². The van der Waals surface area contributed by atoms with Gasteiger partial charge in [-0.05, 0) is 105 Å². The van der Waals surface area contributed by atoms with Crippen molar-refractivity contribution in [2.75, 3.05) is 36.5 Å². The van der Waals surface area contributed by atoms with Crippen molar-refractivity contribution < 1.29 is 19.0 Å². The van der Waals surface area contributed by atoms with E-state index in [2.05, 4.69) is 37.8 Å². The highest BCUT2D eigenvalue weighted by molar-refractivity contribution is 7.16. The molecule has 2 aromatic heterocycles. The highest BCUT2D eigenvalue weighted by atomic mass is 32.1. The number of para-hydroxylation sites is 1. The molecule has 0 atom stereocenters. The summed E-state index contributed by atoms with van der Waals surface area (Å²) in [7, 11) is 0. The molecule has 3 aliphatic carbocycles. The first-order valence-electron chi connectivity index (χ1n) is 18.1. The number of benzene rings is 2. The van der Waals surface area contributed by atoms with Gasteiger partial charge in [0.05, 0.1) is 6.61 Å². The van der Waals surface area contributed by atoms with Crippen LogP contribution in [0.25, 0.3) is 0 Å². The summed E-state index contributed by atoms with van der Waals surface area (Å²) in [5.74, 6) is 3.58. The molecule has 0 radical (unpaired) electrons. The number of unbranched alkanes of at least 4 members (excludes halogenated alkanes) is 1. The number of carboxylic acid groups (broad SMARTS) is 1. The number of nitrogens with one attached hydrogen (secondary N) is 2. The fourth-order valence-corrected chi connectivity index (χ4v) is 9.67. The summed E-state index contributed by atoms with van der Waals surface area (Å²) in [6.45, 7) is 4.86. The number of aromatic nitrogens is 3. The summed E-state index contributed by atoms with van der Waals surface area (Å²) >= 11 is 1.35. The second-order valence-electron chi connectivity index (χ2n) is 14.7. The van der Waals surface area contributed by atoms with Crippen molar-refractivity contribution >= 4 is 45.6 Å². The third-order valence-corrected chi connectivity index (χ3v) is 12.2. The summed E-state index contributed by atoms with van der Waals surface area (Å²) in [6, 6.07) is 13.5. The number of aromatic carboxylic acids is 1. The number of halogens is 1. The zero-order valence-electron chi connectivity index (χ0n) is 29.3. The maximum Gasteiger partial charge on any atom is 0.355 e. The van der Waals surface area contributed by atoms with Gasteiger partial charge in [0.15, 0.2) is 34.0 Å². The first-order valence-corrected chi connectivity index (χ1v) is 18.9. The Kier molecular flexibility index (Phi) is 9.17. The number of rotatable bonds is 14. The minimum Gasteiger partial charge on any atom is -0.491 e. The monoisotopic (exact) mass is 719 g/mol. The molecule has 0 spiro atoms. The van der Waals surface area contributed by atoms with Gasteiger partial charge >= 0.3 is 5.97 Å². The number of hydrogen-bond acceptors (Lipinski definition) is 9. The molecule has 268 valence electrons. The van der Waals surface area contributed by atoms with E-state index in [1.807, 2.05) is 36.1 Å². The molecule has 3 fully saturated rings. The molecule has 2 aliphatic heterocycles. The van der Waals surface area contributed by atoms with E-state index < -0.39 is 5.97 Å². The van der Waals surface area contributed by atoms with Crippen LogP contribution >= 0.6 is 11.3 Å². The Morgan fingerprint density at radius 2 is 2.06 bits per heavy atom. The average Bonchev–Trinajstić information content (AvgIpc) is 3.73. The molecular formula is C40H42FN7O3S. The van der Waals surface area contributed by atoms with Crippen molar-refractivity contribution in [3.8, 4) is 18.1 Å². The number of carbonyl (C=O) groups is 1. The first kappa shape index (κ1) is 34.2. The maximum atomic E-state index is 15.2. The van der Waals surface area contributed by atoms with Crippen LogP contribution < -0.4 is 20.3 Å². The quantitative estimate of drug-likeness (QED) is 0.0910. The van der Waals surface area contributed by atoms with Crippen molar-refractivity contribution in [3.05, 3.63) is 81.1 Å². The SMILES string of the molecule is C#CCCCNCC12CC(c3ccc(OCCCc4sc(N5CCCc6c5nnc(N=C5Cc7ccccc7N5)c6C)nc4C(=O)O)c(F)c3)(C1)C2. The summed E-state index contributed by atoms with van der Waals surface area (Å²) < 4.78 is 21.0. The van der Waals surface area contributed by atoms with Gasteiger partial charge in [-0.3, -0.25) is 0 Å². The van der Waals surface area contributed by atoms with Crippen LogP contribution in [0.5, 0.6) is 5.75 Å². The van der Waals surface area contributed by atoms with E-state index in [0.29, 0.717) is 52.9 Å². The van der Waals surface area contributed by atoms with Gasteiger partial charge in [0.1, 0.15) is 5.84 Å². The summed E-state index contributed by atoms with van der Waals surface area (Å²) in [6.07, 6.45) is 13.7. The van der Waals surface area contributed by atoms with Crippen LogP contribution in [0.1, 0.15) is 82.6 Å². The highest BCUT2D eigenvalue weighted by Gasteiger charge is 2.67. The molecule has 2 bridgehead atoms. The molecule has 52 heavy (non-hydrogen) atoms. The van der Waals surface area contributed by atoms with Gasteiger partial charge in [-0.1, -0.05) is 24.3 Å². The molecule has 4 heterocycles. The van der Waals surface area contributed by atoms with Gasteiger partial charge in [-0.2, -0.15) is 0 Å². The molecular weight excluding hydrogens is 678 g/mol. The number of aryl methyl sites for hydroxylation is 1. The molecule has 12 heteroatoms. The fourth-order valence-electron chi connectivity index (χ4n) is 8.55. The molecule has 0 saturated heterocycles. The topological polar surface area (TPSA) is 125 Å². The van der Waals surface area contributed by atoms with Crippen LogP contribution in [-0.4, -0.2) is 58.3 Å². The van der Waals surface area contributed by atoms with E-state index in [0.717, 1.165) is 86.2 Å². The van der Waals surface area contributed by atoms with Gasteiger partial charge in [0.25, 0.3) is 0 Å². The van der Waals surface area contributed by atoms with Crippen LogP contribution in [-0.2, 0) is 24.7 Å². The zero-order valence-corrected chi connectivity index (χ0v) is 30.1. The van der Waals surface area contributed by atoms with Gasteiger partial charge in [0.2, 0.25) is 0 Å². The lowest BCUT2D eigenvalue weighted by Crippen LogP contribution is -2.67. The summed E-state index contributed by atoms with van der Waals surface area (Å²) in [4.78, 5) is 24.2. The number of terminal acetylenes is 1. The lowest BCUT2D eigenvalue weighted by molar-refractivity contribution is -0.137. The predicted octanol–water partition coefficient (Wildman–Crippen LogP) is 7.30. The van der Waals surface area contributed by atoms with Crippen LogP contribution in [0.2, 0.25) is 0 Å². The predicted molar refractivity (Wildman–Crippen MR) is 201 cm³/mol. The van der Waals surface area contributed by atoms with Crippen LogP contribution in [0.3, 0.4) is 0 Å². The molecule has 0 amide bonds. The number of fused-ring (bicyclic) bond motifs is 2. The molecule has 10 nitrogen and oxygen atoms in total. The van der Waals surface area contributed by atoms with E-state index in [-0.39, 0.29) is 29.3 Å². The molecule has 3 N–H and O–H groups in total. The smallest absolute Gasteiger partial charge is 0.355 e. The number of nitrogens with zero attached hydrogens (tertiary/aromatic N) is 5. The minimum atomic E-state index is -1.08. The maximum absolute atomic E-state index is 15.2. The standard InChI is InChI=1S/C40H42FN7O3S/c1-3-4-7-16-42-24-39-21-40(22-39,23-39)27-14-15-31(29(41)20-27)51-18-9-13-32-34(37(49)50)45-38(52-32)48-17-8-11-28-25(2)35(46-47-36(28)48)44-33-19-26-10-5-6-12-30(26)43-33/h1,5-6,10,12,14-15,20,42H,4,7-9,11,13,16-19,21-24H2,2H3,(H,49,50)(H,43,44,46). The van der Waals surface area contributed by atoms with Crippen molar-refractivity contribution in [1.82, 2.24) is 20.5 Å². The molecule has 9 rings (SSSR count). The Labute approximate surface area is 306 Å². The average molecular weight is 720 g/mol. The van der Waals surface area contributed by atoms with Crippen LogP contribution in [0.4, 0.5) is 26.8 Å². The lowest BCUT2D eigenvalue weighted by atomic mass is 9.33. The lowest BCUT2D eigenvalue weighted by Gasteiger charge is -2.71. The fraction of sp³-hybridized carbons (Fsp3) is 0.425. The minimum absolute atomic E-state index is 0.0290. The summed E-state index contributed by atoms with van der Waals surface area (Å²) in [5.41, 5.74) is 5.77. The largest absolute Gasteiger partial charge is 0.491 e. The second-order valence-corrected chi connectivity index (χ2v) is 15.8. The number of thiazole rings is 1. The Morgan fingerprint density at radius 1 is 1.21 bits per heavy atom. The third kappa shape index (κ3) is 6.41. The van der Waals surface area contributed by atoms with Gasteiger partial charge in [-0.15, -0.1) is 33.9 Å². The van der Waals surface area contributed by atoms with Crippen molar-refractivity contribution in [2.24, 2.45) is 10.4 Å². The van der Waals surface area contributed by atoms with Crippen molar-refractivity contribution in [1.29, 1.82) is 0 Å². The molecule has 5 aliphatic rings. The molecule has 4 aromatic rings. The normalized spacial score (nSPS) is 21.8. The Balaban J connectivity index is 0.880.